The number of amides is 1. The molecule has 5 nitrogen and oxygen atoms in total. The third-order valence-electron chi connectivity index (χ3n) is 5.13. The molecule has 1 amide bonds. The summed E-state index contributed by atoms with van der Waals surface area (Å²) in [7, 11) is 0. The number of nitrogens with zero attached hydrogens (tertiary/aromatic N) is 3. The highest BCUT2D eigenvalue weighted by molar-refractivity contribution is 6.35. The Bertz CT molecular complexity index is 1070. The van der Waals surface area contributed by atoms with Gasteiger partial charge in [0.1, 0.15) is 11.7 Å². The molecule has 0 radical (unpaired) electrons. The maximum absolute atomic E-state index is 13.1. The summed E-state index contributed by atoms with van der Waals surface area (Å²) in [6, 6.07) is 7.63. The van der Waals surface area contributed by atoms with Gasteiger partial charge in [-0.15, -0.1) is 10.2 Å². The molecule has 1 N–H and O–H groups in total. The number of fused-ring (bicyclic) bond motifs is 1. The SMILES string of the molecule is O=C(Nc1cc2cc(-c3cnccc3C3CC3)cc(Cl)c2nn1)C1CC1F. The summed E-state index contributed by atoms with van der Waals surface area (Å²) >= 11 is 6.44. The van der Waals surface area contributed by atoms with Crippen LogP contribution in [0.2, 0.25) is 5.02 Å². The van der Waals surface area contributed by atoms with Gasteiger partial charge in [-0.1, -0.05) is 11.6 Å². The number of benzene rings is 1. The van der Waals surface area contributed by atoms with Gasteiger partial charge in [-0.25, -0.2) is 4.39 Å². The molecule has 2 aliphatic rings. The van der Waals surface area contributed by atoms with Crippen molar-refractivity contribution in [1.29, 1.82) is 0 Å². The van der Waals surface area contributed by atoms with E-state index in [0.717, 1.165) is 16.5 Å². The van der Waals surface area contributed by atoms with Crippen LogP contribution in [0.1, 0.15) is 30.7 Å². The molecular weight excluding hydrogens is 367 g/mol. The molecule has 7 heteroatoms. The number of alkyl halides is 1. The van der Waals surface area contributed by atoms with Gasteiger partial charge in [-0.3, -0.25) is 9.78 Å². The van der Waals surface area contributed by atoms with E-state index < -0.39 is 12.1 Å². The first-order valence-electron chi connectivity index (χ1n) is 8.96. The smallest absolute Gasteiger partial charge is 0.231 e. The zero-order chi connectivity index (χ0) is 18.5. The summed E-state index contributed by atoms with van der Waals surface area (Å²) in [6.45, 7) is 0. The van der Waals surface area contributed by atoms with E-state index in [-0.39, 0.29) is 12.3 Å². The van der Waals surface area contributed by atoms with Crippen molar-refractivity contribution in [1.82, 2.24) is 15.2 Å². The van der Waals surface area contributed by atoms with Crippen molar-refractivity contribution in [3.05, 3.63) is 47.2 Å². The maximum atomic E-state index is 13.1. The van der Waals surface area contributed by atoms with E-state index in [1.165, 1.54) is 18.4 Å². The Morgan fingerprint density at radius 3 is 2.78 bits per heavy atom. The molecule has 27 heavy (non-hydrogen) atoms. The summed E-state index contributed by atoms with van der Waals surface area (Å²) in [5.74, 6) is -0.0564. The van der Waals surface area contributed by atoms with E-state index in [2.05, 4.69) is 26.6 Å². The Kier molecular flexibility index (Phi) is 3.82. The average molecular weight is 383 g/mol. The lowest BCUT2D eigenvalue weighted by Gasteiger charge is -2.11. The van der Waals surface area contributed by atoms with Crippen LogP contribution >= 0.6 is 11.6 Å². The molecule has 2 aromatic heterocycles. The number of anilines is 1. The number of pyridine rings is 1. The van der Waals surface area contributed by atoms with Gasteiger partial charge in [0.2, 0.25) is 5.91 Å². The first kappa shape index (κ1) is 16.6. The highest BCUT2D eigenvalue weighted by Crippen LogP contribution is 2.44. The van der Waals surface area contributed by atoms with Crippen LogP contribution in [0.4, 0.5) is 10.2 Å². The second-order valence-electron chi connectivity index (χ2n) is 7.21. The Morgan fingerprint density at radius 1 is 1.22 bits per heavy atom. The van der Waals surface area contributed by atoms with E-state index >= 15 is 0 Å². The largest absolute Gasteiger partial charge is 0.309 e. The highest BCUT2D eigenvalue weighted by Gasteiger charge is 2.43. The number of halogens is 2. The molecule has 2 saturated carbocycles. The maximum Gasteiger partial charge on any atom is 0.231 e. The second-order valence-corrected chi connectivity index (χ2v) is 7.62. The first-order valence-corrected chi connectivity index (χ1v) is 9.34. The fraction of sp³-hybridized carbons (Fsp3) is 0.300. The van der Waals surface area contributed by atoms with Crippen molar-refractivity contribution >= 4 is 34.2 Å². The molecule has 2 fully saturated rings. The fourth-order valence-corrected chi connectivity index (χ4v) is 3.65. The molecule has 2 heterocycles. The zero-order valence-electron chi connectivity index (χ0n) is 14.3. The minimum atomic E-state index is -1.05. The third kappa shape index (κ3) is 3.14. The number of hydrogen-bond acceptors (Lipinski definition) is 4. The fourth-order valence-electron chi connectivity index (χ4n) is 3.38. The molecular formula is C20H16ClFN4O. The van der Waals surface area contributed by atoms with Crippen molar-refractivity contribution in [3.8, 4) is 11.1 Å². The van der Waals surface area contributed by atoms with Crippen LogP contribution in [-0.2, 0) is 4.79 Å². The summed E-state index contributed by atoms with van der Waals surface area (Å²) in [4.78, 5) is 16.2. The molecule has 0 saturated heterocycles. The lowest BCUT2D eigenvalue weighted by Crippen LogP contribution is -2.16. The number of rotatable bonds is 4. The highest BCUT2D eigenvalue weighted by atomic mass is 35.5. The average Bonchev–Trinajstić information content (AvgIpc) is 3.57. The summed E-state index contributed by atoms with van der Waals surface area (Å²) in [5, 5.41) is 12.0. The van der Waals surface area contributed by atoms with E-state index in [0.29, 0.717) is 22.3 Å². The van der Waals surface area contributed by atoms with Gasteiger partial charge < -0.3 is 5.32 Å². The predicted molar refractivity (Wildman–Crippen MR) is 101 cm³/mol. The number of carbonyl (C=O) groups is 1. The van der Waals surface area contributed by atoms with Gasteiger partial charge in [0.25, 0.3) is 0 Å². The van der Waals surface area contributed by atoms with Gasteiger partial charge in [0, 0.05) is 23.3 Å². The summed E-state index contributed by atoms with van der Waals surface area (Å²) in [5.41, 5.74) is 3.85. The minimum Gasteiger partial charge on any atom is -0.309 e. The molecule has 5 rings (SSSR count). The second kappa shape index (κ2) is 6.23. The molecule has 0 spiro atoms. The third-order valence-corrected chi connectivity index (χ3v) is 5.41. The Labute approximate surface area is 160 Å². The molecule has 2 unspecified atom stereocenters. The Hall–Kier alpha value is -2.60. The van der Waals surface area contributed by atoms with E-state index in [9.17, 15) is 9.18 Å². The van der Waals surface area contributed by atoms with E-state index in [1.807, 2.05) is 24.5 Å². The number of aromatic nitrogens is 3. The van der Waals surface area contributed by atoms with E-state index in [1.54, 1.807) is 6.07 Å². The zero-order valence-corrected chi connectivity index (χ0v) is 15.1. The normalized spacial score (nSPS) is 21.3. The molecule has 0 aliphatic heterocycles. The Morgan fingerprint density at radius 2 is 2.04 bits per heavy atom. The minimum absolute atomic E-state index is 0.272. The van der Waals surface area contributed by atoms with Gasteiger partial charge in [0.15, 0.2) is 5.82 Å². The van der Waals surface area contributed by atoms with Gasteiger partial charge in [-0.05, 0) is 60.6 Å². The van der Waals surface area contributed by atoms with Crippen LogP contribution in [0.25, 0.3) is 22.0 Å². The van der Waals surface area contributed by atoms with Crippen LogP contribution < -0.4 is 5.32 Å². The van der Waals surface area contributed by atoms with Gasteiger partial charge in [0.05, 0.1) is 10.9 Å². The van der Waals surface area contributed by atoms with Crippen molar-refractivity contribution in [2.45, 2.75) is 31.4 Å². The summed E-state index contributed by atoms with van der Waals surface area (Å²) < 4.78 is 13.1. The number of nitrogens with one attached hydrogen (secondary N) is 1. The number of carbonyl (C=O) groups excluding carboxylic acids is 1. The lowest BCUT2D eigenvalue weighted by molar-refractivity contribution is -0.117. The Balaban J connectivity index is 1.54. The topological polar surface area (TPSA) is 67.8 Å². The lowest BCUT2D eigenvalue weighted by atomic mass is 9.98. The first-order chi connectivity index (χ1) is 13.1. The molecule has 1 aromatic carbocycles. The molecule has 3 aromatic rings. The van der Waals surface area contributed by atoms with Gasteiger partial charge in [-0.2, -0.15) is 0 Å². The van der Waals surface area contributed by atoms with Crippen molar-refractivity contribution < 1.29 is 9.18 Å². The van der Waals surface area contributed by atoms with Crippen LogP contribution in [0.3, 0.4) is 0 Å². The van der Waals surface area contributed by atoms with E-state index in [4.69, 9.17) is 11.6 Å². The molecule has 2 atom stereocenters. The quantitative estimate of drug-likeness (QED) is 0.720. The molecule has 136 valence electrons. The predicted octanol–water partition coefficient (Wildman–Crippen LogP) is 4.52. The van der Waals surface area contributed by atoms with Crippen LogP contribution in [0.5, 0.6) is 0 Å². The molecule has 0 bridgehead atoms. The van der Waals surface area contributed by atoms with Crippen LogP contribution in [0.15, 0.2) is 36.7 Å². The standard InChI is InChI=1S/C20H16ClFN4O/c21-16-6-11(15-9-23-4-3-13(15)10-1-2-10)5-12-7-18(25-26-19(12)16)24-20(27)14-8-17(14)22/h3-7,9-10,14,17H,1-2,8H2,(H,24,25,27). The van der Waals surface area contributed by atoms with Crippen LogP contribution in [-0.4, -0.2) is 27.3 Å². The number of hydrogen-bond donors (Lipinski definition) is 1. The van der Waals surface area contributed by atoms with Crippen molar-refractivity contribution in [2.75, 3.05) is 5.32 Å². The van der Waals surface area contributed by atoms with Crippen LogP contribution in [0, 0.1) is 5.92 Å². The van der Waals surface area contributed by atoms with Gasteiger partial charge >= 0.3 is 0 Å². The van der Waals surface area contributed by atoms with Crippen molar-refractivity contribution in [2.24, 2.45) is 5.92 Å². The molecule has 2 aliphatic carbocycles. The summed E-state index contributed by atoms with van der Waals surface area (Å²) in [6.07, 6.45) is 5.28. The van der Waals surface area contributed by atoms with Crippen molar-refractivity contribution in [3.63, 3.8) is 0 Å². The monoisotopic (exact) mass is 382 g/mol.